The van der Waals surface area contributed by atoms with Gasteiger partial charge in [-0.15, -0.1) is 0 Å². The van der Waals surface area contributed by atoms with Gasteiger partial charge in [-0.05, 0) is 26.2 Å². The van der Waals surface area contributed by atoms with Gasteiger partial charge >= 0.3 is 0 Å². The van der Waals surface area contributed by atoms with Gasteiger partial charge < -0.3 is 15.4 Å². The molecule has 0 radical (unpaired) electrons. The minimum absolute atomic E-state index is 0.0520. The molecule has 1 fully saturated rings. The Kier molecular flexibility index (Phi) is 4.35. The number of piperidine rings is 1. The summed E-state index contributed by atoms with van der Waals surface area (Å²) in [6, 6.07) is 0.252. The Morgan fingerprint density at radius 2 is 2.36 bits per heavy atom. The molecule has 1 aliphatic rings. The van der Waals surface area contributed by atoms with E-state index < -0.39 is 0 Å². The van der Waals surface area contributed by atoms with E-state index in [0.29, 0.717) is 0 Å². The summed E-state index contributed by atoms with van der Waals surface area (Å²) in [7, 11) is 1.54. The van der Waals surface area contributed by atoms with Crippen LogP contribution in [0.15, 0.2) is 0 Å². The van der Waals surface area contributed by atoms with Crippen molar-refractivity contribution in [1.29, 1.82) is 0 Å². The monoisotopic (exact) mass is 200 g/mol. The number of methoxy groups -OCH3 is 1. The van der Waals surface area contributed by atoms with E-state index in [-0.39, 0.29) is 24.6 Å². The fourth-order valence-electron chi connectivity index (χ4n) is 2.02. The summed E-state index contributed by atoms with van der Waals surface area (Å²) in [5, 5.41) is 0. The molecule has 1 aliphatic heterocycles. The number of likely N-dealkylation sites (tertiary alicyclic amines) is 1. The second kappa shape index (κ2) is 5.32. The zero-order valence-corrected chi connectivity index (χ0v) is 9.03. The quantitative estimate of drug-likeness (QED) is 0.715. The zero-order chi connectivity index (χ0) is 10.6. The molecular formula is C10H20N2O2. The van der Waals surface area contributed by atoms with Crippen LogP contribution in [0.4, 0.5) is 0 Å². The second-order valence-electron chi connectivity index (χ2n) is 3.94. The Hall–Kier alpha value is -0.610. The number of carbonyl (C=O) groups excluding carboxylic acids is 1. The summed E-state index contributed by atoms with van der Waals surface area (Å²) in [6.07, 6.45) is 3.27. The number of hydrogen-bond acceptors (Lipinski definition) is 3. The summed E-state index contributed by atoms with van der Waals surface area (Å²) >= 11 is 0. The van der Waals surface area contributed by atoms with Crippen LogP contribution in [0.2, 0.25) is 0 Å². The van der Waals surface area contributed by atoms with Crippen LogP contribution in [0, 0.1) is 0 Å². The lowest BCUT2D eigenvalue weighted by Crippen LogP contribution is -2.52. The van der Waals surface area contributed by atoms with E-state index in [1.165, 1.54) is 6.42 Å². The van der Waals surface area contributed by atoms with Crippen LogP contribution in [0.3, 0.4) is 0 Å². The summed E-state index contributed by atoms with van der Waals surface area (Å²) in [5.74, 6) is 0.0644. The number of nitrogens with zero attached hydrogens (tertiary/aromatic N) is 1. The van der Waals surface area contributed by atoms with Gasteiger partial charge in [0.1, 0.15) is 6.61 Å². The molecule has 0 aliphatic carbocycles. The first-order valence-electron chi connectivity index (χ1n) is 5.20. The molecule has 1 saturated heterocycles. The van der Waals surface area contributed by atoms with Crippen molar-refractivity contribution in [3.05, 3.63) is 0 Å². The van der Waals surface area contributed by atoms with Crippen molar-refractivity contribution in [1.82, 2.24) is 4.90 Å². The maximum absolute atomic E-state index is 11.7. The fraction of sp³-hybridized carbons (Fsp3) is 0.900. The number of nitrogens with two attached hydrogens (primary N) is 1. The van der Waals surface area contributed by atoms with Gasteiger partial charge in [0.15, 0.2) is 0 Å². The van der Waals surface area contributed by atoms with Gasteiger partial charge in [-0.2, -0.15) is 0 Å². The van der Waals surface area contributed by atoms with Crippen molar-refractivity contribution in [2.75, 3.05) is 20.3 Å². The van der Waals surface area contributed by atoms with E-state index >= 15 is 0 Å². The largest absolute Gasteiger partial charge is 0.375 e. The summed E-state index contributed by atoms with van der Waals surface area (Å²) in [6.45, 7) is 2.96. The highest BCUT2D eigenvalue weighted by Gasteiger charge is 2.28. The third-order valence-corrected chi connectivity index (χ3v) is 2.74. The highest BCUT2D eigenvalue weighted by molar-refractivity contribution is 5.78. The molecule has 1 rings (SSSR count). The Balaban J connectivity index is 2.57. The number of rotatable bonds is 3. The smallest absolute Gasteiger partial charge is 0.248 e. The standard InChI is InChI=1S/C10H20N2O2/c1-8(11)9-5-3-4-6-12(9)10(13)7-14-2/h8-9H,3-7,11H2,1-2H3. The molecule has 14 heavy (non-hydrogen) atoms. The molecule has 0 aromatic carbocycles. The summed E-state index contributed by atoms with van der Waals surface area (Å²) in [4.78, 5) is 13.5. The van der Waals surface area contributed by atoms with Crippen LogP contribution in [-0.4, -0.2) is 43.2 Å². The Morgan fingerprint density at radius 1 is 1.64 bits per heavy atom. The van der Waals surface area contributed by atoms with E-state index in [9.17, 15) is 4.79 Å². The minimum Gasteiger partial charge on any atom is -0.375 e. The Morgan fingerprint density at radius 3 is 2.93 bits per heavy atom. The normalized spacial score (nSPS) is 24.8. The topological polar surface area (TPSA) is 55.6 Å². The SMILES string of the molecule is COCC(=O)N1CCCCC1C(C)N. The molecule has 0 aromatic heterocycles. The van der Waals surface area contributed by atoms with E-state index in [4.69, 9.17) is 10.5 Å². The van der Waals surface area contributed by atoms with Gasteiger partial charge in [0.05, 0.1) is 0 Å². The summed E-state index contributed by atoms with van der Waals surface area (Å²) < 4.78 is 4.85. The van der Waals surface area contributed by atoms with Crippen molar-refractivity contribution in [2.24, 2.45) is 5.73 Å². The molecule has 0 aromatic rings. The van der Waals surface area contributed by atoms with Gasteiger partial charge in [0, 0.05) is 25.7 Å². The average Bonchev–Trinajstić information content (AvgIpc) is 2.18. The molecule has 82 valence electrons. The lowest BCUT2D eigenvalue weighted by atomic mass is 9.97. The highest BCUT2D eigenvalue weighted by atomic mass is 16.5. The van der Waals surface area contributed by atoms with E-state index in [0.717, 1.165) is 19.4 Å². The summed E-state index contributed by atoms with van der Waals surface area (Å²) in [5.41, 5.74) is 5.86. The van der Waals surface area contributed by atoms with Gasteiger partial charge in [-0.3, -0.25) is 4.79 Å². The van der Waals surface area contributed by atoms with Gasteiger partial charge in [-0.1, -0.05) is 0 Å². The minimum atomic E-state index is 0.0520. The van der Waals surface area contributed by atoms with Crippen LogP contribution < -0.4 is 5.73 Å². The van der Waals surface area contributed by atoms with E-state index in [2.05, 4.69) is 0 Å². The maximum Gasteiger partial charge on any atom is 0.248 e. The number of amides is 1. The molecule has 1 heterocycles. The van der Waals surface area contributed by atoms with Crippen LogP contribution >= 0.6 is 0 Å². The molecule has 4 nitrogen and oxygen atoms in total. The number of carbonyl (C=O) groups is 1. The van der Waals surface area contributed by atoms with Gasteiger partial charge in [-0.25, -0.2) is 0 Å². The highest BCUT2D eigenvalue weighted by Crippen LogP contribution is 2.18. The first-order valence-corrected chi connectivity index (χ1v) is 5.20. The average molecular weight is 200 g/mol. The molecule has 0 saturated carbocycles. The molecule has 2 atom stereocenters. The van der Waals surface area contributed by atoms with Crippen molar-refractivity contribution in [3.8, 4) is 0 Å². The second-order valence-corrected chi connectivity index (χ2v) is 3.94. The lowest BCUT2D eigenvalue weighted by molar-refractivity contribution is -0.139. The number of hydrogen-bond donors (Lipinski definition) is 1. The van der Waals surface area contributed by atoms with Gasteiger partial charge in [0.2, 0.25) is 5.91 Å². The first kappa shape index (κ1) is 11.5. The third-order valence-electron chi connectivity index (χ3n) is 2.74. The van der Waals surface area contributed by atoms with Gasteiger partial charge in [0.25, 0.3) is 0 Å². The number of ether oxygens (including phenoxy) is 1. The van der Waals surface area contributed by atoms with Crippen molar-refractivity contribution < 1.29 is 9.53 Å². The molecule has 1 amide bonds. The lowest BCUT2D eigenvalue weighted by Gasteiger charge is -2.37. The molecule has 4 heteroatoms. The molecule has 2 unspecified atom stereocenters. The third kappa shape index (κ3) is 2.69. The molecular weight excluding hydrogens is 180 g/mol. The van der Waals surface area contributed by atoms with Crippen LogP contribution in [0.25, 0.3) is 0 Å². The van der Waals surface area contributed by atoms with Crippen LogP contribution in [-0.2, 0) is 9.53 Å². The molecule has 0 bridgehead atoms. The van der Waals surface area contributed by atoms with Crippen molar-refractivity contribution in [2.45, 2.75) is 38.3 Å². The maximum atomic E-state index is 11.7. The molecule has 0 spiro atoms. The van der Waals surface area contributed by atoms with E-state index in [1.807, 2.05) is 11.8 Å². The molecule has 2 N–H and O–H groups in total. The predicted molar refractivity (Wildman–Crippen MR) is 54.9 cm³/mol. The Bertz CT molecular complexity index is 195. The first-order chi connectivity index (χ1) is 6.66. The predicted octanol–water partition coefficient (Wildman–Crippen LogP) is 0.361. The fourth-order valence-corrected chi connectivity index (χ4v) is 2.02. The Labute approximate surface area is 85.4 Å². The van der Waals surface area contributed by atoms with Crippen LogP contribution in [0.1, 0.15) is 26.2 Å². The van der Waals surface area contributed by atoms with Crippen LogP contribution in [0.5, 0.6) is 0 Å². The van der Waals surface area contributed by atoms with E-state index in [1.54, 1.807) is 7.11 Å². The van der Waals surface area contributed by atoms with Crippen molar-refractivity contribution >= 4 is 5.91 Å². The zero-order valence-electron chi connectivity index (χ0n) is 9.03. The van der Waals surface area contributed by atoms with Crippen molar-refractivity contribution in [3.63, 3.8) is 0 Å².